The molecule has 2 N–H and O–H groups in total. The number of hydrogen-bond acceptors (Lipinski definition) is 4. The minimum atomic E-state index is -0.561. The first-order valence-electron chi connectivity index (χ1n) is 6.36. The van der Waals surface area contributed by atoms with Crippen molar-refractivity contribution in [1.82, 2.24) is 4.90 Å². The number of amides is 1. The Morgan fingerprint density at radius 3 is 2.10 bits per heavy atom. The lowest BCUT2D eigenvalue weighted by atomic mass is 10.0. The fourth-order valence-corrected chi connectivity index (χ4v) is 2.50. The quantitative estimate of drug-likeness (QED) is 0.619. The van der Waals surface area contributed by atoms with Crippen molar-refractivity contribution in [2.45, 2.75) is 0 Å². The summed E-state index contributed by atoms with van der Waals surface area (Å²) in [5.74, 6) is -1.15. The van der Waals surface area contributed by atoms with Gasteiger partial charge in [0.1, 0.15) is 0 Å². The van der Waals surface area contributed by atoms with E-state index in [2.05, 4.69) is 0 Å². The summed E-state index contributed by atoms with van der Waals surface area (Å²) in [6, 6.07) is 6.73. The van der Waals surface area contributed by atoms with Gasteiger partial charge in [-0.15, -0.1) is 0 Å². The Morgan fingerprint density at radius 1 is 1.05 bits per heavy atom. The average molecular weight is 280 g/mol. The maximum absolute atomic E-state index is 12.4. The molecule has 1 amide bonds. The largest absolute Gasteiger partial charge is 0.366 e. The number of nitrogens with zero attached hydrogens (tertiary/aromatic N) is 1. The van der Waals surface area contributed by atoms with Crippen LogP contribution in [-0.2, 0) is 4.79 Å². The van der Waals surface area contributed by atoms with Crippen molar-refractivity contribution in [2.75, 3.05) is 7.05 Å². The van der Waals surface area contributed by atoms with Gasteiger partial charge in [-0.2, -0.15) is 0 Å². The van der Waals surface area contributed by atoms with Crippen LogP contribution in [0.25, 0.3) is 0 Å². The molecule has 5 nitrogen and oxygen atoms in total. The highest BCUT2D eigenvalue weighted by atomic mass is 16.2. The number of Topliss-reactive ketones (excluding diaryl/α,β-unsaturated/α-hetero) is 2. The number of ketones is 2. The van der Waals surface area contributed by atoms with Gasteiger partial charge >= 0.3 is 0 Å². The predicted molar refractivity (Wildman–Crippen MR) is 76.3 cm³/mol. The molecule has 104 valence electrons. The molecule has 1 aromatic carbocycles. The normalized spacial score (nSPS) is 17.2. The highest BCUT2D eigenvalue weighted by molar-refractivity contribution is 6.40. The Bertz CT molecular complexity index is 747. The lowest BCUT2D eigenvalue weighted by molar-refractivity contribution is -0.114. The van der Waals surface area contributed by atoms with Gasteiger partial charge in [-0.25, -0.2) is 0 Å². The molecule has 5 heteroatoms. The topological polar surface area (TPSA) is 80.5 Å². The van der Waals surface area contributed by atoms with E-state index in [1.165, 1.54) is 12.3 Å². The standard InChI is InChI=1S/C16H12N2O3/c1-18-8-9(16(17)21)6-7-12(18)13-14(19)10-4-2-3-5-11(10)15(13)20/h2-8H,1H3,(H2,17,21). The maximum Gasteiger partial charge on any atom is 0.250 e. The summed E-state index contributed by atoms with van der Waals surface area (Å²) in [5.41, 5.74) is 6.94. The number of likely N-dealkylation sites (N-methyl/N-ethyl adjacent to an activating group) is 1. The van der Waals surface area contributed by atoms with E-state index < -0.39 is 5.91 Å². The van der Waals surface area contributed by atoms with Crippen molar-refractivity contribution in [1.29, 1.82) is 0 Å². The van der Waals surface area contributed by atoms with Crippen molar-refractivity contribution < 1.29 is 14.4 Å². The van der Waals surface area contributed by atoms with Gasteiger partial charge in [-0.05, 0) is 12.2 Å². The number of fused-ring (bicyclic) bond motifs is 1. The number of nitrogens with two attached hydrogens (primary N) is 1. The zero-order valence-electron chi connectivity index (χ0n) is 11.3. The molecule has 3 rings (SSSR count). The molecule has 1 heterocycles. The van der Waals surface area contributed by atoms with Gasteiger partial charge in [0.2, 0.25) is 5.91 Å². The van der Waals surface area contributed by atoms with Gasteiger partial charge in [-0.3, -0.25) is 14.4 Å². The highest BCUT2D eigenvalue weighted by Gasteiger charge is 2.36. The Hall–Kier alpha value is -2.95. The second-order valence-electron chi connectivity index (χ2n) is 4.86. The predicted octanol–water partition coefficient (Wildman–Crippen LogP) is 1.19. The Balaban J connectivity index is 2.11. The Morgan fingerprint density at radius 2 is 1.62 bits per heavy atom. The van der Waals surface area contributed by atoms with Gasteiger partial charge in [0, 0.05) is 24.4 Å². The molecule has 0 unspecified atom stereocenters. The molecular weight excluding hydrogens is 268 g/mol. The summed E-state index contributed by atoms with van der Waals surface area (Å²) in [7, 11) is 1.66. The summed E-state index contributed by atoms with van der Waals surface area (Å²) >= 11 is 0. The third kappa shape index (κ3) is 1.90. The van der Waals surface area contributed by atoms with Crippen molar-refractivity contribution in [3.8, 4) is 0 Å². The second-order valence-corrected chi connectivity index (χ2v) is 4.86. The molecule has 0 aromatic heterocycles. The molecule has 1 aliphatic heterocycles. The monoisotopic (exact) mass is 280 g/mol. The van der Waals surface area contributed by atoms with Gasteiger partial charge < -0.3 is 10.6 Å². The van der Waals surface area contributed by atoms with Crippen LogP contribution >= 0.6 is 0 Å². The van der Waals surface area contributed by atoms with E-state index in [4.69, 9.17) is 5.73 Å². The van der Waals surface area contributed by atoms with Gasteiger partial charge in [-0.1, -0.05) is 24.3 Å². The first-order chi connectivity index (χ1) is 10.0. The van der Waals surface area contributed by atoms with Crippen LogP contribution in [0.4, 0.5) is 0 Å². The van der Waals surface area contributed by atoms with E-state index >= 15 is 0 Å². The number of benzene rings is 1. The summed E-state index contributed by atoms with van der Waals surface area (Å²) in [4.78, 5) is 37.6. The summed E-state index contributed by atoms with van der Waals surface area (Å²) < 4.78 is 0. The fraction of sp³-hybridized carbons (Fsp3) is 0.0625. The molecule has 1 aromatic rings. The van der Waals surface area contributed by atoms with Crippen LogP contribution in [0.5, 0.6) is 0 Å². The van der Waals surface area contributed by atoms with E-state index in [9.17, 15) is 14.4 Å². The van der Waals surface area contributed by atoms with Crippen LogP contribution in [0, 0.1) is 0 Å². The minimum Gasteiger partial charge on any atom is -0.366 e. The molecule has 0 radical (unpaired) electrons. The van der Waals surface area contributed by atoms with E-state index in [-0.39, 0.29) is 17.1 Å². The maximum atomic E-state index is 12.4. The van der Waals surface area contributed by atoms with Gasteiger partial charge in [0.15, 0.2) is 11.6 Å². The van der Waals surface area contributed by atoms with Crippen LogP contribution in [0.1, 0.15) is 20.7 Å². The zero-order valence-corrected chi connectivity index (χ0v) is 11.3. The van der Waals surface area contributed by atoms with E-state index in [0.717, 1.165) is 0 Å². The zero-order chi connectivity index (χ0) is 15.1. The van der Waals surface area contributed by atoms with Crippen LogP contribution in [-0.4, -0.2) is 29.4 Å². The molecule has 2 aliphatic rings. The van der Waals surface area contributed by atoms with Crippen molar-refractivity contribution in [3.05, 3.63) is 70.6 Å². The number of hydrogen-bond donors (Lipinski definition) is 1. The lowest BCUT2D eigenvalue weighted by Crippen LogP contribution is -2.23. The Labute approximate surface area is 121 Å². The molecule has 0 spiro atoms. The minimum absolute atomic E-state index is 0.120. The van der Waals surface area contributed by atoms with E-state index in [1.54, 1.807) is 42.3 Å². The van der Waals surface area contributed by atoms with Gasteiger partial charge in [0.05, 0.1) is 16.8 Å². The number of allylic oxidation sites excluding steroid dienone is 2. The average Bonchev–Trinajstić information content (AvgIpc) is 2.72. The summed E-state index contributed by atoms with van der Waals surface area (Å²) in [5, 5.41) is 0. The molecule has 0 atom stereocenters. The third-order valence-electron chi connectivity index (χ3n) is 3.54. The SMILES string of the molecule is CN1C=C(C(N)=O)C=CC1=C1C(=O)c2ccccc2C1=O. The number of carbonyl (C=O) groups is 3. The van der Waals surface area contributed by atoms with Crippen LogP contribution in [0.2, 0.25) is 0 Å². The Kier molecular flexibility index (Phi) is 2.83. The number of rotatable bonds is 1. The van der Waals surface area contributed by atoms with E-state index in [1.807, 2.05) is 0 Å². The lowest BCUT2D eigenvalue weighted by Gasteiger charge is -2.21. The smallest absolute Gasteiger partial charge is 0.250 e. The number of carbonyl (C=O) groups excluding carboxylic acids is 3. The fourth-order valence-electron chi connectivity index (χ4n) is 2.50. The van der Waals surface area contributed by atoms with Crippen LogP contribution in [0.15, 0.2) is 59.5 Å². The first kappa shape index (κ1) is 13.1. The van der Waals surface area contributed by atoms with Gasteiger partial charge in [0.25, 0.3) is 0 Å². The molecule has 0 bridgehead atoms. The molecule has 0 saturated heterocycles. The van der Waals surface area contributed by atoms with Crippen LogP contribution in [0.3, 0.4) is 0 Å². The molecule has 21 heavy (non-hydrogen) atoms. The van der Waals surface area contributed by atoms with Crippen molar-refractivity contribution in [2.24, 2.45) is 5.73 Å². The summed E-state index contributed by atoms with van der Waals surface area (Å²) in [6.45, 7) is 0. The van der Waals surface area contributed by atoms with Crippen molar-refractivity contribution in [3.63, 3.8) is 0 Å². The molecule has 1 aliphatic carbocycles. The van der Waals surface area contributed by atoms with E-state index in [0.29, 0.717) is 22.4 Å². The second kappa shape index (κ2) is 4.56. The van der Waals surface area contributed by atoms with Crippen molar-refractivity contribution >= 4 is 17.5 Å². The third-order valence-corrected chi connectivity index (χ3v) is 3.54. The number of primary amides is 1. The highest BCUT2D eigenvalue weighted by Crippen LogP contribution is 2.31. The molecule has 0 saturated carbocycles. The molecular formula is C16H12N2O3. The summed E-state index contributed by atoms with van der Waals surface area (Å²) in [6.07, 6.45) is 4.58. The van der Waals surface area contributed by atoms with Crippen LogP contribution < -0.4 is 5.73 Å². The molecule has 0 fully saturated rings. The first-order valence-corrected chi connectivity index (χ1v) is 6.36.